The van der Waals surface area contributed by atoms with Crippen molar-refractivity contribution in [2.75, 3.05) is 13.1 Å². The highest BCUT2D eigenvalue weighted by molar-refractivity contribution is 6.30. The third-order valence-electron chi connectivity index (χ3n) is 4.44. The van der Waals surface area contributed by atoms with Crippen LogP contribution in [0.1, 0.15) is 44.7 Å². The molecule has 118 valence electrons. The highest BCUT2D eigenvalue weighted by Crippen LogP contribution is 2.44. The number of allylic oxidation sites excluding steroid dienone is 1. The molecule has 1 spiro atoms. The van der Waals surface area contributed by atoms with E-state index in [1.807, 2.05) is 37.8 Å². The Morgan fingerprint density at radius 1 is 1.27 bits per heavy atom. The summed E-state index contributed by atoms with van der Waals surface area (Å²) in [6.07, 6.45) is 6.08. The van der Waals surface area contributed by atoms with Gasteiger partial charge in [-0.1, -0.05) is 29.8 Å². The maximum atomic E-state index is 12.2. The van der Waals surface area contributed by atoms with E-state index in [2.05, 4.69) is 18.2 Å². The van der Waals surface area contributed by atoms with E-state index in [1.165, 1.54) is 11.1 Å². The number of nitrogens with zero attached hydrogens (tertiary/aromatic N) is 1. The molecule has 2 aliphatic rings. The lowest BCUT2D eigenvalue weighted by atomic mass is 9.74. The fourth-order valence-electron chi connectivity index (χ4n) is 3.31. The van der Waals surface area contributed by atoms with Crippen molar-refractivity contribution in [1.82, 2.24) is 4.90 Å². The minimum Gasteiger partial charge on any atom is -0.444 e. The lowest BCUT2D eigenvalue weighted by Crippen LogP contribution is -2.45. The number of halogens is 1. The van der Waals surface area contributed by atoms with Gasteiger partial charge in [-0.25, -0.2) is 4.79 Å². The molecule has 1 aromatic rings. The second-order valence-electron chi connectivity index (χ2n) is 7.19. The Bertz CT molecular complexity index is 622. The summed E-state index contributed by atoms with van der Waals surface area (Å²) in [5.41, 5.74) is 2.15. The Labute approximate surface area is 136 Å². The van der Waals surface area contributed by atoms with Gasteiger partial charge in [0.15, 0.2) is 0 Å². The van der Waals surface area contributed by atoms with Gasteiger partial charge in [0.05, 0.1) is 0 Å². The molecule has 1 aromatic carbocycles. The molecule has 1 fully saturated rings. The van der Waals surface area contributed by atoms with Crippen LogP contribution in [-0.2, 0) is 10.2 Å². The van der Waals surface area contributed by atoms with Crippen LogP contribution in [0, 0.1) is 0 Å². The van der Waals surface area contributed by atoms with Gasteiger partial charge in [0.2, 0.25) is 0 Å². The molecule has 0 unspecified atom stereocenters. The van der Waals surface area contributed by atoms with Crippen LogP contribution in [-0.4, -0.2) is 29.7 Å². The molecule has 4 heteroatoms. The number of likely N-dealkylation sites (tertiary alicyclic amines) is 1. The predicted molar refractivity (Wildman–Crippen MR) is 89.2 cm³/mol. The lowest BCUT2D eigenvalue weighted by Gasteiger charge is -2.39. The van der Waals surface area contributed by atoms with E-state index in [9.17, 15) is 4.79 Å². The van der Waals surface area contributed by atoms with Crippen molar-refractivity contribution < 1.29 is 9.53 Å². The molecular weight excluding hydrogens is 298 g/mol. The molecule has 22 heavy (non-hydrogen) atoms. The van der Waals surface area contributed by atoms with E-state index < -0.39 is 5.60 Å². The quantitative estimate of drug-likeness (QED) is 0.697. The van der Waals surface area contributed by atoms with Gasteiger partial charge in [-0.3, -0.25) is 0 Å². The Balaban J connectivity index is 1.71. The van der Waals surface area contributed by atoms with E-state index >= 15 is 0 Å². The largest absolute Gasteiger partial charge is 0.444 e. The molecule has 1 amide bonds. The molecule has 1 heterocycles. The first-order valence-electron chi connectivity index (χ1n) is 7.76. The maximum Gasteiger partial charge on any atom is 0.410 e. The smallest absolute Gasteiger partial charge is 0.410 e. The number of hydrogen-bond donors (Lipinski definition) is 0. The zero-order valence-corrected chi connectivity index (χ0v) is 14.1. The highest BCUT2D eigenvalue weighted by Gasteiger charge is 2.39. The third kappa shape index (κ3) is 2.87. The molecule has 1 aliphatic carbocycles. The summed E-state index contributed by atoms with van der Waals surface area (Å²) < 4.78 is 5.46. The molecule has 0 bridgehead atoms. The normalized spacial score (nSPS) is 19.4. The van der Waals surface area contributed by atoms with Crippen LogP contribution in [0.25, 0.3) is 6.08 Å². The van der Waals surface area contributed by atoms with Crippen LogP contribution in [0.4, 0.5) is 4.79 Å². The van der Waals surface area contributed by atoms with Crippen LogP contribution in [0.3, 0.4) is 0 Å². The van der Waals surface area contributed by atoms with Crippen LogP contribution in [0.2, 0.25) is 5.02 Å². The zero-order valence-electron chi connectivity index (χ0n) is 13.4. The summed E-state index contributed by atoms with van der Waals surface area (Å²) in [6, 6.07) is 6.10. The van der Waals surface area contributed by atoms with Gasteiger partial charge >= 0.3 is 6.09 Å². The minimum atomic E-state index is -0.442. The van der Waals surface area contributed by atoms with E-state index in [-0.39, 0.29) is 11.5 Å². The number of piperidine rings is 1. The molecule has 0 N–H and O–H groups in total. The fraction of sp³-hybridized carbons (Fsp3) is 0.500. The van der Waals surface area contributed by atoms with Crippen LogP contribution in [0.5, 0.6) is 0 Å². The third-order valence-corrected chi connectivity index (χ3v) is 4.67. The van der Waals surface area contributed by atoms with E-state index in [4.69, 9.17) is 16.3 Å². The van der Waals surface area contributed by atoms with Crippen LogP contribution >= 0.6 is 11.6 Å². The number of amides is 1. The van der Waals surface area contributed by atoms with Crippen LogP contribution in [0.15, 0.2) is 24.3 Å². The van der Waals surface area contributed by atoms with E-state index in [0.29, 0.717) is 0 Å². The second-order valence-corrected chi connectivity index (χ2v) is 7.62. The average Bonchev–Trinajstić information content (AvgIpc) is 2.76. The fourth-order valence-corrected chi connectivity index (χ4v) is 3.50. The summed E-state index contributed by atoms with van der Waals surface area (Å²) >= 11 is 6.07. The number of hydrogen-bond acceptors (Lipinski definition) is 2. The summed E-state index contributed by atoms with van der Waals surface area (Å²) in [5, 5.41) is 0.770. The van der Waals surface area contributed by atoms with Crippen molar-refractivity contribution in [1.29, 1.82) is 0 Å². The lowest BCUT2D eigenvalue weighted by molar-refractivity contribution is 0.0184. The zero-order chi connectivity index (χ0) is 16.0. The van der Waals surface area contributed by atoms with Gasteiger partial charge in [0.25, 0.3) is 0 Å². The summed E-state index contributed by atoms with van der Waals surface area (Å²) in [5.74, 6) is 0. The summed E-state index contributed by atoms with van der Waals surface area (Å²) in [7, 11) is 0. The van der Waals surface area contributed by atoms with Crippen LogP contribution < -0.4 is 0 Å². The summed E-state index contributed by atoms with van der Waals surface area (Å²) in [6.45, 7) is 7.14. The first kappa shape index (κ1) is 15.4. The molecule has 3 rings (SSSR count). The second kappa shape index (κ2) is 5.31. The Kier molecular flexibility index (Phi) is 3.72. The topological polar surface area (TPSA) is 29.5 Å². The van der Waals surface area contributed by atoms with Gasteiger partial charge in [0, 0.05) is 23.5 Å². The molecule has 0 aromatic heterocycles. The molecule has 0 saturated carbocycles. The van der Waals surface area contributed by atoms with E-state index in [0.717, 1.165) is 31.0 Å². The van der Waals surface area contributed by atoms with Gasteiger partial charge in [-0.05, 0) is 56.9 Å². The predicted octanol–water partition coefficient (Wildman–Crippen LogP) is 4.64. The van der Waals surface area contributed by atoms with Gasteiger partial charge in [-0.2, -0.15) is 0 Å². The maximum absolute atomic E-state index is 12.2. The van der Waals surface area contributed by atoms with Crippen molar-refractivity contribution in [2.24, 2.45) is 0 Å². The first-order valence-corrected chi connectivity index (χ1v) is 8.14. The highest BCUT2D eigenvalue weighted by atomic mass is 35.5. The average molecular weight is 320 g/mol. The monoisotopic (exact) mass is 319 g/mol. The van der Waals surface area contributed by atoms with Crippen molar-refractivity contribution in [3.05, 3.63) is 40.4 Å². The molecule has 3 nitrogen and oxygen atoms in total. The number of carbonyl (C=O) groups is 1. The van der Waals surface area contributed by atoms with Gasteiger partial charge in [0.1, 0.15) is 5.60 Å². The molecule has 0 radical (unpaired) electrons. The van der Waals surface area contributed by atoms with Crippen molar-refractivity contribution in [2.45, 2.75) is 44.6 Å². The number of carbonyl (C=O) groups excluding carboxylic acids is 1. The van der Waals surface area contributed by atoms with Crippen molar-refractivity contribution >= 4 is 23.8 Å². The molecule has 0 atom stereocenters. The minimum absolute atomic E-state index is 0.0540. The summed E-state index contributed by atoms with van der Waals surface area (Å²) in [4.78, 5) is 14.0. The molecular formula is C18H22ClNO2. The number of benzene rings is 1. The van der Waals surface area contributed by atoms with E-state index in [1.54, 1.807) is 0 Å². The Morgan fingerprint density at radius 3 is 2.59 bits per heavy atom. The Morgan fingerprint density at radius 2 is 1.95 bits per heavy atom. The van der Waals surface area contributed by atoms with Crippen molar-refractivity contribution in [3.8, 4) is 0 Å². The SMILES string of the molecule is CC(C)(C)OC(=O)N1CCC2(C=Cc3cc(Cl)ccc32)CC1. The Hall–Kier alpha value is -1.48. The standard InChI is InChI=1S/C18H22ClNO2/c1-17(2,3)22-16(21)20-10-8-18(9-11-20)7-6-13-12-14(19)4-5-15(13)18/h4-7,12H,8-11H2,1-3H3. The molecule has 1 aliphatic heterocycles. The van der Waals surface area contributed by atoms with Crippen molar-refractivity contribution in [3.63, 3.8) is 0 Å². The van der Waals surface area contributed by atoms with Gasteiger partial charge in [-0.15, -0.1) is 0 Å². The molecule has 1 saturated heterocycles. The number of ether oxygens (including phenoxy) is 1. The number of fused-ring (bicyclic) bond motifs is 2. The van der Waals surface area contributed by atoms with Gasteiger partial charge < -0.3 is 9.64 Å². The number of rotatable bonds is 0. The first-order chi connectivity index (χ1) is 10.3.